The zero-order valence-corrected chi connectivity index (χ0v) is 12.0. The van der Waals surface area contributed by atoms with Crippen molar-refractivity contribution in [3.05, 3.63) is 0 Å². The van der Waals surface area contributed by atoms with Gasteiger partial charge in [0.1, 0.15) is 0 Å². The first-order valence-electron chi connectivity index (χ1n) is 7.75. The molecule has 0 amide bonds. The monoisotopic (exact) mass is 255 g/mol. The van der Waals surface area contributed by atoms with Crippen LogP contribution in [-0.4, -0.2) is 38.5 Å². The Morgan fingerprint density at radius 1 is 1.11 bits per heavy atom. The van der Waals surface area contributed by atoms with Crippen molar-refractivity contribution in [2.45, 2.75) is 70.2 Å². The van der Waals surface area contributed by atoms with Gasteiger partial charge in [0.2, 0.25) is 0 Å². The van der Waals surface area contributed by atoms with Crippen molar-refractivity contribution >= 4 is 0 Å². The lowest BCUT2D eigenvalue weighted by atomic mass is 9.85. The Morgan fingerprint density at radius 3 is 2.67 bits per heavy atom. The number of ether oxygens (including phenoxy) is 2. The van der Waals surface area contributed by atoms with Gasteiger partial charge >= 0.3 is 0 Å². The molecule has 1 heterocycles. The zero-order valence-electron chi connectivity index (χ0n) is 12.0. The largest absolute Gasteiger partial charge is 0.375 e. The molecule has 106 valence electrons. The molecule has 2 aliphatic rings. The topological polar surface area (TPSA) is 30.5 Å². The summed E-state index contributed by atoms with van der Waals surface area (Å²) < 4.78 is 12.1. The predicted molar refractivity (Wildman–Crippen MR) is 73.8 cm³/mol. The smallest absolute Gasteiger partial charge is 0.0814 e. The Balaban J connectivity index is 1.68. The van der Waals surface area contributed by atoms with Gasteiger partial charge in [-0.2, -0.15) is 0 Å². The third-order valence-corrected chi connectivity index (χ3v) is 4.49. The lowest BCUT2D eigenvalue weighted by Crippen LogP contribution is -2.31. The highest BCUT2D eigenvalue weighted by molar-refractivity contribution is 4.78. The number of nitrogens with one attached hydrogen (secondary N) is 1. The van der Waals surface area contributed by atoms with Crippen LogP contribution in [0.15, 0.2) is 0 Å². The molecule has 18 heavy (non-hydrogen) atoms. The van der Waals surface area contributed by atoms with E-state index in [0.717, 1.165) is 25.5 Å². The van der Waals surface area contributed by atoms with Crippen molar-refractivity contribution in [2.75, 3.05) is 20.2 Å². The summed E-state index contributed by atoms with van der Waals surface area (Å²) >= 11 is 0. The third kappa shape index (κ3) is 3.94. The van der Waals surface area contributed by atoms with E-state index in [2.05, 4.69) is 12.2 Å². The number of rotatable bonds is 6. The first kappa shape index (κ1) is 14.3. The molecule has 0 bridgehead atoms. The first-order valence-corrected chi connectivity index (χ1v) is 7.75. The maximum Gasteiger partial charge on any atom is 0.0814 e. The molecule has 2 rings (SSSR count). The molecule has 1 saturated heterocycles. The zero-order chi connectivity index (χ0) is 12.8. The lowest BCUT2D eigenvalue weighted by Gasteiger charge is -2.31. The average molecular weight is 255 g/mol. The fourth-order valence-corrected chi connectivity index (χ4v) is 3.37. The highest BCUT2D eigenvalue weighted by Gasteiger charge is 2.28. The second kappa shape index (κ2) is 7.46. The number of likely N-dealkylation sites (N-methyl/N-ethyl adjacent to an activating group) is 1. The van der Waals surface area contributed by atoms with Gasteiger partial charge in [0.25, 0.3) is 0 Å². The van der Waals surface area contributed by atoms with Crippen LogP contribution in [-0.2, 0) is 9.47 Å². The Morgan fingerprint density at radius 2 is 1.89 bits per heavy atom. The standard InChI is InChI=1S/C15H29NO2/c1-3-12-6-4-5-7-15(12)17-11-14-9-8-13(18-14)10-16-2/h12-16H,3-11H2,1-2H3. The highest BCUT2D eigenvalue weighted by Crippen LogP contribution is 2.30. The maximum atomic E-state index is 6.15. The summed E-state index contributed by atoms with van der Waals surface area (Å²) in [5, 5.41) is 3.19. The molecular weight excluding hydrogens is 226 g/mol. The molecule has 4 atom stereocenters. The van der Waals surface area contributed by atoms with E-state index in [0.29, 0.717) is 18.3 Å². The van der Waals surface area contributed by atoms with E-state index < -0.39 is 0 Å². The number of hydrogen-bond donors (Lipinski definition) is 1. The summed E-state index contributed by atoms with van der Waals surface area (Å²) in [6, 6.07) is 0. The van der Waals surface area contributed by atoms with Crippen LogP contribution >= 0.6 is 0 Å². The molecule has 1 N–H and O–H groups in total. The van der Waals surface area contributed by atoms with Gasteiger partial charge in [0, 0.05) is 6.54 Å². The van der Waals surface area contributed by atoms with E-state index in [1.807, 2.05) is 7.05 Å². The SMILES string of the molecule is CCC1CCCCC1OCC1CCC(CNC)O1. The predicted octanol–water partition coefficient (Wildman–Crippen LogP) is 2.74. The molecular formula is C15H29NO2. The van der Waals surface area contributed by atoms with Crippen LogP contribution < -0.4 is 5.32 Å². The Kier molecular flexibility index (Phi) is 5.93. The van der Waals surface area contributed by atoms with Gasteiger partial charge in [-0.1, -0.05) is 26.2 Å². The maximum absolute atomic E-state index is 6.15. The molecule has 2 fully saturated rings. The van der Waals surface area contributed by atoms with Gasteiger partial charge in [0.05, 0.1) is 24.9 Å². The van der Waals surface area contributed by atoms with Gasteiger partial charge in [-0.3, -0.25) is 0 Å². The van der Waals surface area contributed by atoms with Crippen LogP contribution in [0.2, 0.25) is 0 Å². The lowest BCUT2D eigenvalue weighted by molar-refractivity contribution is -0.0685. The van der Waals surface area contributed by atoms with Gasteiger partial charge in [-0.05, 0) is 38.6 Å². The van der Waals surface area contributed by atoms with E-state index in [1.165, 1.54) is 38.5 Å². The van der Waals surface area contributed by atoms with Crippen molar-refractivity contribution in [3.8, 4) is 0 Å². The van der Waals surface area contributed by atoms with Crippen molar-refractivity contribution in [1.82, 2.24) is 5.32 Å². The second-order valence-electron chi connectivity index (χ2n) is 5.84. The van der Waals surface area contributed by atoms with Crippen molar-refractivity contribution in [1.29, 1.82) is 0 Å². The molecule has 0 aromatic carbocycles. The number of hydrogen-bond acceptors (Lipinski definition) is 3. The molecule has 0 radical (unpaired) electrons. The van der Waals surface area contributed by atoms with E-state index >= 15 is 0 Å². The fourth-order valence-electron chi connectivity index (χ4n) is 3.37. The fraction of sp³-hybridized carbons (Fsp3) is 1.00. The Labute approximate surface area is 112 Å². The van der Waals surface area contributed by atoms with E-state index in [4.69, 9.17) is 9.47 Å². The second-order valence-corrected chi connectivity index (χ2v) is 5.84. The first-order chi connectivity index (χ1) is 8.83. The van der Waals surface area contributed by atoms with Crippen molar-refractivity contribution in [3.63, 3.8) is 0 Å². The summed E-state index contributed by atoms with van der Waals surface area (Å²) in [5.74, 6) is 0.785. The Hall–Kier alpha value is -0.120. The van der Waals surface area contributed by atoms with Crippen LogP contribution in [0.3, 0.4) is 0 Å². The molecule has 1 aliphatic heterocycles. The van der Waals surface area contributed by atoms with E-state index in [9.17, 15) is 0 Å². The van der Waals surface area contributed by atoms with E-state index in [-0.39, 0.29) is 0 Å². The molecule has 1 saturated carbocycles. The van der Waals surface area contributed by atoms with Crippen LogP contribution in [0.25, 0.3) is 0 Å². The molecule has 3 heteroatoms. The highest BCUT2D eigenvalue weighted by atomic mass is 16.5. The quantitative estimate of drug-likeness (QED) is 0.791. The van der Waals surface area contributed by atoms with Crippen LogP contribution in [0.5, 0.6) is 0 Å². The minimum Gasteiger partial charge on any atom is -0.375 e. The minimum atomic E-state index is 0.336. The van der Waals surface area contributed by atoms with Crippen LogP contribution in [0.4, 0.5) is 0 Å². The summed E-state index contributed by atoms with van der Waals surface area (Å²) in [5.41, 5.74) is 0. The Bertz CT molecular complexity index is 235. The summed E-state index contributed by atoms with van der Waals surface area (Å²) in [6.07, 6.45) is 10.2. The van der Waals surface area contributed by atoms with Crippen molar-refractivity contribution in [2.24, 2.45) is 5.92 Å². The van der Waals surface area contributed by atoms with Gasteiger partial charge < -0.3 is 14.8 Å². The third-order valence-electron chi connectivity index (χ3n) is 4.49. The summed E-state index contributed by atoms with van der Waals surface area (Å²) in [7, 11) is 1.99. The molecule has 0 aromatic heterocycles. The summed E-state index contributed by atoms with van der Waals surface area (Å²) in [6.45, 7) is 4.07. The van der Waals surface area contributed by atoms with Crippen LogP contribution in [0, 0.1) is 5.92 Å². The van der Waals surface area contributed by atoms with E-state index in [1.54, 1.807) is 0 Å². The van der Waals surface area contributed by atoms with Gasteiger partial charge in [-0.25, -0.2) is 0 Å². The van der Waals surface area contributed by atoms with Gasteiger partial charge in [0.15, 0.2) is 0 Å². The molecule has 3 nitrogen and oxygen atoms in total. The molecule has 0 aromatic rings. The van der Waals surface area contributed by atoms with Crippen LogP contribution in [0.1, 0.15) is 51.9 Å². The molecule has 1 aliphatic carbocycles. The average Bonchev–Trinajstić information content (AvgIpc) is 2.85. The van der Waals surface area contributed by atoms with Crippen molar-refractivity contribution < 1.29 is 9.47 Å². The summed E-state index contributed by atoms with van der Waals surface area (Å²) in [4.78, 5) is 0. The molecule has 4 unspecified atom stereocenters. The minimum absolute atomic E-state index is 0.336. The molecule has 0 spiro atoms. The van der Waals surface area contributed by atoms with Gasteiger partial charge in [-0.15, -0.1) is 0 Å². The normalized spacial score (nSPS) is 37.0.